The first-order valence-electron chi connectivity index (χ1n) is 9.39. The van der Waals surface area contributed by atoms with Gasteiger partial charge in [0.1, 0.15) is 5.75 Å². The van der Waals surface area contributed by atoms with E-state index in [1.165, 1.54) is 11.3 Å². The largest absolute Gasteiger partial charge is 0.497 e. The third-order valence-corrected chi connectivity index (χ3v) is 5.77. The number of hydrogen-bond donors (Lipinski definition) is 0. The van der Waals surface area contributed by atoms with E-state index < -0.39 is 12.0 Å². The maximum atomic E-state index is 13.3. The van der Waals surface area contributed by atoms with Crippen LogP contribution in [0, 0.1) is 0 Å². The second-order valence-corrected chi connectivity index (χ2v) is 7.64. The zero-order valence-electron chi connectivity index (χ0n) is 16.7. The minimum absolute atomic E-state index is 0.227. The second kappa shape index (κ2) is 8.16. The molecule has 2 aromatic heterocycles. The highest BCUT2D eigenvalue weighted by molar-refractivity contribution is 7.07. The Morgan fingerprint density at radius 1 is 1.30 bits per heavy atom. The third kappa shape index (κ3) is 3.50. The Morgan fingerprint density at radius 3 is 2.70 bits per heavy atom. The molecule has 0 saturated heterocycles. The van der Waals surface area contributed by atoms with Crippen molar-refractivity contribution >= 4 is 23.4 Å². The zero-order valence-corrected chi connectivity index (χ0v) is 17.6. The maximum absolute atomic E-state index is 13.3. The van der Waals surface area contributed by atoms with Gasteiger partial charge >= 0.3 is 5.97 Å². The van der Waals surface area contributed by atoms with Crippen molar-refractivity contribution in [3.05, 3.63) is 84.9 Å². The molecule has 0 aliphatic carbocycles. The molecule has 4 rings (SSSR count). The Hall–Kier alpha value is -3.39. The molecule has 154 valence electrons. The van der Waals surface area contributed by atoms with Gasteiger partial charge in [-0.05, 0) is 43.7 Å². The molecule has 3 heterocycles. The number of hydrogen-bond acceptors (Lipinski definition) is 7. The Morgan fingerprint density at radius 2 is 2.07 bits per heavy atom. The lowest BCUT2D eigenvalue weighted by atomic mass is 9.96. The second-order valence-electron chi connectivity index (χ2n) is 6.63. The van der Waals surface area contributed by atoms with Crippen LogP contribution in [0.3, 0.4) is 0 Å². The average Bonchev–Trinajstić information content (AvgIpc) is 3.36. The number of rotatable bonds is 5. The number of carbonyl (C=O) groups is 1. The summed E-state index contributed by atoms with van der Waals surface area (Å²) in [6.45, 7) is 3.74. The van der Waals surface area contributed by atoms with Gasteiger partial charge in [-0.2, -0.15) is 0 Å². The van der Waals surface area contributed by atoms with E-state index in [2.05, 4.69) is 4.99 Å². The number of nitrogens with zero attached hydrogens (tertiary/aromatic N) is 2. The van der Waals surface area contributed by atoms with Gasteiger partial charge in [0.05, 0.1) is 48.1 Å². The molecule has 8 heteroatoms. The van der Waals surface area contributed by atoms with E-state index in [1.54, 1.807) is 62.3 Å². The van der Waals surface area contributed by atoms with Gasteiger partial charge in [-0.1, -0.05) is 23.5 Å². The molecule has 1 aliphatic rings. The Kier molecular flexibility index (Phi) is 5.41. The van der Waals surface area contributed by atoms with Crippen molar-refractivity contribution in [3.8, 4) is 5.75 Å². The first-order chi connectivity index (χ1) is 14.5. The lowest BCUT2D eigenvalue weighted by molar-refractivity contribution is -0.139. The molecule has 0 saturated carbocycles. The maximum Gasteiger partial charge on any atom is 0.338 e. The summed E-state index contributed by atoms with van der Waals surface area (Å²) in [7, 11) is 1.59. The molecular weight excluding hydrogens is 404 g/mol. The standard InChI is InChI=1S/C22H20N2O5S/c1-4-29-21(26)18-13(2)23-22-24(19(18)15-5-7-16(27-3)8-6-15)20(25)17(30-22)11-14-9-10-28-12-14/h5-12,19H,4H2,1-3H3/t19-/m1/s1. The summed E-state index contributed by atoms with van der Waals surface area (Å²) in [6.07, 6.45) is 4.86. The Balaban J connectivity index is 1.95. The van der Waals surface area contributed by atoms with Gasteiger partial charge in [-0.15, -0.1) is 0 Å². The fourth-order valence-electron chi connectivity index (χ4n) is 3.40. The molecule has 0 fully saturated rings. The van der Waals surface area contributed by atoms with Gasteiger partial charge in [0.25, 0.3) is 5.56 Å². The van der Waals surface area contributed by atoms with Crippen LogP contribution in [0.2, 0.25) is 0 Å². The van der Waals surface area contributed by atoms with Crippen molar-refractivity contribution in [2.24, 2.45) is 4.99 Å². The minimum atomic E-state index is -0.641. The molecule has 30 heavy (non-hydrogen) atoms. The van der Waals surface area contributed by atoms with E-state index >= 15 is 0 Å². The number of furan rings is 1. The normalized spacial score (nSPS) is 16.2. The predicted octanol–water partition coefficient (Wildman–Crippen LogP) is 2.40. The number of esters is 1. The molecule has 7 nitrogen and oxygen atoms in total. The lowest BCUT2D eigenvalue weighted by Crippen LogP contribution is -2.39. The van der Waals surface area contributed by atoms with Crippen molar-refractivity contribution in [2.75, 3.05) is 13.7 Å². The van der Waals surface area contributed by atoms with Gasteiger partial charge in [-0.3, -0.25) is 9.36 Å². The fourth-order valence-corrected chi connectivity index (χ4v) is 4.45. The molecule has 0 radical (unpaired) electrons. The number of carbonyl (C=O) groups excluding carboxylic acids is 1. The fraction of sp³-hybridized carbons (Fsp3) is 0.227. The first kappa shape index (κ1) is 19.9. The lowest BCUT2D eigenvalue weighted by Gasteiger charge is -2.24. The van der Waals surface area contributed by atoms with Gasteiger partial charge in [0.15, 0.2) is 4.80 Å². The van der Waals surface area contributed by atoms with Crippen LogP contribution in [0.15, 0.2) is 68.3 Å². The van der Waals surface area contributed by atoms with Gasteiger partial charge in [0.2, 0.25) is 0 Å². The minimum Gasteiger partial charge on any atom is -0.497 e. The van der Waals surface area contributed by atoms with E-state index in [9.17, 15) is 9.59 Å². The number of fused-ring (bicyclic) bond motifs is 1. The summed E-state index contributed by atoms with van der Waals surface area (Å²) in [4.78, 5) is 31.2. The van der Waals surface area contributed by atoms with E-state index in [0.717, 1.165) is 11.1 Å². The van der Waals surface area contributed by atoms with Gasteiger partial charge in [0, 0.05) is 5.56 Å². The van der Waals surface area contributed by atoms with Crippen LogP contribution >= 0.6 is 11.3 Å². The summed E-state index contributed by atoms with van der Waals surface area (Å²) >= 11 is 1.27. The highest BCUT2D eigenvalue weighted by atomic mass is 32.1. The Labute approximate surface area is 176 Å². The van der Waals surface area contributed by atoms with Crippen molar-refractivity contribution in [1.29, 1.82) is 0 Å². The highest BCUT2D eigenvalue weighted by Crippen LogP contribution is 2.31. The molecule has 0 N–H and O–H groups in total. The number of ether oxygens (including phenoxy) is 2. The SMILES string of the molecule is CCOC(=O)C1=C(C)N=c2sc(=Cc3ccoc3)c(=O)n2[C@@H]1c1ccc(OC)cc1. The highest BCUT2D eigenvalue weighted by Gasteiger charge is 2.33. The molecule has 1 aromatic carbocycles. The average molecular weight is 424 g/mol. The summed E-state index contributed by atoms with van der Waals surface area (Å²) in [6, 6.07) is 8.42. The molecular formula is C22H20N2O5S. The molecule has 0 spiro atoms. The van der Waals surface area contributed by atoms with Crippen LogP contribution in [-0.2, 0) is 9.53 Å². The summed E-state index contributed by atoms with van der Waals surface area (Å²) in [5, 5.41) is 0. The van der Waals surface area contributed by atoms with E-state index in [0.29, 0.717) is 26.4 Å². The Bertz CT molecular complexity index is 1280. The summed E-state index contributed by atoms with van der Waals surface area (Å²) in [5.41, 5.74) is 2.21. The number of allylic oxidation sites excluding steroid dienone is 1. The van der Waals surface area contributed by atoms with Crippen LogP contribution < -0.4 is 19.6 Å². The molecule has 0 unspecified atom stereocenters. The molecule has 0 bridgehead atoms. The molecule has 3 aromatic rings. The monoisotopic (exact) mass is 424 g/mol. The van der Waals surface area contributed by atoms with Crippen LogP contribution in [0.5, 0.6) is 5.75 Å². The van der Waals surface area contributed by atoms with Crippen molar-refractivity contribution in [1.82, 2.24) is 4.57 Å². The third-order valence-electron chi connectivity index (χ3n) is 4.79. The van der Waals surface area contributed by atoms with Crippen molar-refractivity contribution in [2.45, 2.75) is 19.9 Å². The first-order valence-corrected chi connectivity index (χ1v) is 10.2. The predicted molar refractivity (Wildman–Crippen MR) is 112 cm³/mol. The van der Waals surface area contributed by atoms with Crippen LogP contribution in [0.1, 0.15) is 31.0 Å². The van der Waals surface area contributed by atoms with Crippen molar-refractivity contribution < 1.29 is 18.7 Å². The zero-order chi connectivity index (χ0) is 21.3. The quantitative estimate of drug-likeness (QED) is 0.588. The molecule has 1 aliphatic heterocycles. The van der Waals surface area contributed by atoms with Crippen LogP contribution in [0.4, 0.5) is 0 Å². The summed E-state index contributed by atoms with van der Waals surface area (Å²) < 4.78 is 17.7. The van der Waals surface area contributed by atoms with Crippen LogP contribution in [0.25, 0.3) is 6.08 Å². The van der Waals surface area contributed by atoms with Crippen LogP contribution in [-0.4, -0.2) is 24.3 Å². The molecule has 0 amide bonds. The number of benzene rings is 1. The van der Waals surface area contributed by atoms with E-state index in [-0.39, 0.29) is 12.2 Å². The van der Waals surface area contributed by atoms with E-state index in [1.807, 2.05) is 12.1 Å². The summed E-state index contributed by atoms with van der Waals surface area (Å²) in [5.74, 6) is 0.202. The molecule has 1 atom stereocenters. The van der Waals surface area contributed by atoms with Crippen molar-refractivity contribution in [3.63, 3.8) is 0 Å². The number of thiazole rings is 1. The number of aromatic nitrogens is 1. The van der Waals surface area contributed by atoms with E-state index in [4.69, 9.17) is 13.9 Å². The smallest absolute Gasteiger partial charge is 0.338 e. The topological polar surface area (TPSA) is 83.0 Å². The van der Waals surface area contributed by atoms with Gasteiger partial charge < -0.3 is 13.9 Å². The number of methoxy groups -OCH3 is 1. The van der Waals surface area contributed by atoms with Gasteiger partial charge in [-0.25, -0.2) is 9.79 Å².